The Bertz CT molecular complexity index is 786. The number of hydrogen-bond acceptors (Lipinski definition) is 7. The molecule has 2 rings (SSSR count). The molecule has 3 N–H and O–H groups in total. The van der Waals surface area contributed by atoms with Crippen LogP contribution in [-0.2, 0) is 24.3 Å². The third-order valence-electron chi connectivity index (χ3n) is 4.71. The van der Waals surface area contributed by atoms with E-state index >= 15 is 0 Å². The highest BCUT2D eigenvalue weighted by Gasteiger charge is 2.42. The molecule has 170 valence electrons. The normalized spacial score (nSPS) is 22.9. The van der Waals surface area contributed by atoms with Gasteiger partial charge in [-0.3, -0.25) is 19.2 Å². The molecule has 2 fully saturated rings. The predicted octanol–water partition coefficient (Wildman–Crippen LogP) is 0.416. The molecule has 0 bridgehead atoms. The molecule has 1 heterocycles. The first-order chi connectivity index (χ1) is 13.8. The van der Waals surface area contributed by atoms with E-state index in [0.29, 0.717) is 19.3 Å². The molecule has 10 nitrogen and oxygen atoms in total. The molecule has 2 aliphatic rings. The van der Waals surface area contributed by atoms with Crippen LogP contribution in [0.3, 0.4) is 0 Å². The highest BCUT2D eigenvalue weighted by molar-refractivity contribution is 7.90. The monoisotopic (exact) mass is 445 g/mol. The number of sulfonamides is 1. The van der Waals surface area contributed by atoms with Gasteiger partial charge in [-0.15, -0.1) is 6.58 Å². The minimum atomic E-state index is -3.77. The quantitative estimate of drug-likeness (QED) is 0.460. The summed E-state index contributed by atoms with van der Waals surface area (Å²) in [4.78, 5) is 38.9. The zero-order valence-corrected chi connectivity index (χ0v) is 18.4. The lowest BCUT2D eigenvalue weighted by Gasteiger charge is -2.28. The number of carbonyl (C=O) groups is 3. The summed E-state index contributed by atoms with van der Waals surface area (Å²) < 4.78 is 31.5. The van der Waals surface area contributed by atoms with E-state index in [4.69, 9.17) is 4.74 Å². The van der Waals surface area contributed by atoms with Crippen LogP contribution in [0.25, 0.3) is 0 Å². The highest BCUT2D eigenvalue weighted by Crippen LogP contribution is 2.27. The van der Waals surface area contributed by atoms with Crippen molar-refractivity contribution in [2.75, 3.05) is 6.54 Å². The number of allylic oxidation sites excluding steroid dienone is 1. The average Bonchev–Trinajstić information content (AvgIpc) is 3.39. The summed E-state index contributed by atoms with van der Waals surface area (Å²) in [6, 6.07) is -2.16. The molecule has 0 aromatic carbocycles. The van der Waals surface area contributed by atoms with E-state index < -0.39 is 57.0 Å². The first kappa shape index (κ1) is 24.1. The van der Waals surface area contributed by atoms with Gasteiger partial charge in [0.25, 0.3) is 5.91 Å². The van der Waals surface area contributed by atoms with Gasteiger partial charge in [0.05, 0.1) is 17.9 Å². The Hall–Kier alpha value is -2.14. The second kappa shape index (κ2) is 9.34. The Morgan fingerprint density at radius 1 is 1.30 bits per heavy atom. The van der Waals surface area contributed by atoms with E-state index in [2.05, 4.69) is 11.9 Å². The topological polar surface area (TPSA) is 142 Å². The van der Waals surface area contributed by atoms with Crippen molar-refractivity contribution in [1.29, 1.82) is 0 Å². The highest BCUT2D eigenvalue weighted by atomic mass is 32.2. The summed E-state index contributed by atoms with van der Waals surface area (Å²) in [5.41, 5.74) is -0.783. The van der Waals surface area contributed by atoms with E-state index in [1.807, 2.05) is 4.72 Å². The van der Waals surface area contributed by atoms with E-state index in [1.54, 1.807) is 26.8 Å². The number of carbonyl (C=O) groups excluding carboxylic acids is 3. The van der Waals surface area contributed by atoms with E-state index in [0.717, 1.165) is 4.90 Å². The van der Waals surface area contributed by atoms with Crippen molar-refractivity contribution in [2.24, 2.45) is 0 Å². The molecule has 3 atom stereocenters. The van der Waals surface area contributed by atoms with E-state index in [-0.39, 0.29) is 19.4 Å². The first-order valence-electron chi connectivity index (χ1n) is 9.98. The SMILES string of the molecule is C=CCC[C@H](NC(=O)[C@@H]1C[C@H](O)CN1C(=O)OC(C)(C)C)C(=O)NS(=O)(=O)C1CC1. The average molecular weight is 446 g/mol. The lowest BCUT2D eigenvalue weighted by Crippen LogP contribution is -2.54. The van der Waals surface area contributed by atoms with Crippen LogP contribution in [0.1, 0.15) is 52.9 Å². The van der Waals surface area contributed by atoms with Gasteiger partial charge in [-0.2, -0.15) is 0 Å². The summed E-state index contributed by atoms with van der Waals surface area (Å²) in [5, 5.41) is 11.9. The Balaban J connectivity index is 2.09. The van der Waals surface area contributed by atoms with Gasteiger partial charge in [-0.05, 0) is 46.5 Å². The lowest BCUT2D eigenvalue weighted by atomic mass is 10.1. The van der Waals surface area contributed by atoms with E-state index in [1.165, 1.54) is 0 Å². The fourth-order valence-electron chi connectivity index (χ4n) is 3.08. The fraction of sp³-hybridized carbons (Fsp3) is 0.737. The van der Waals surface area contributed by atoms with Crippen LogP contribution in [0.5, 0.6) is 0 Å². The van der Waals surface area contributed by atoms with Crippen LogP contribution in [0.4, 0.5) is 4.79 Å². The van der Waals surface area contributed by atoms with Crippen molar-refractivity contribution in [3.63, 3.8) is 0 Å². The molecule has 1 aliphatic carbocycles. The summed E-state index contributed by atoms with van der Waals surface area (Å²) >= 11 is 0. The number of rotatable bonds is 8. The maximum Gasteiger partial charge on any atom is 0.411 e. The lowest BCUT2D eigenvalue weighted by molar-refractivity contribution is -0.130. The van der Waals surface area contributed by atoms with Gasteiger partial charge in [0, 0.05) is 6.42 Å². The Labute approximate surface area is 177 Å². The molecule has 1 saturated heterocycles. The van der Waals surface area contributed by atoms with Crippen LogP contribution in [0, 0.1) is 0 Å². The standard InChI is InChI=1S/C19H31N3O7S/c1-5-6-7-14(16(24)21-30(27,28)13-8-9-13)20-17(25)15-10-12(23)11-22(15)18(26)29-19(2,3)4/h5,12-15,23H,1,6-11H2,2-4H3,(H,20,25)(H,21,24)/t12-,14-,15-/m0/s1. The minimum Gasteiger partial charge on any atom is -0.444 e. The number of likely N-dealkylation sites (tertiary alicyclic amines) is 1. The summed E-state index contributed by atoms with van der Waals surface area (Å²) in [5.74, 6) is -1.50. The third kappa shape index (κ3) is 6.69. The van der Waals surface area contributed by atoms with Crippen molar-refractivity contribution in [3.05, 3.63) is 12.7 Å². The van der Waals surface area contributed by atoms with Crippen molar-refractivity contribution in [2.45, 2.75) is 81.9 Å². The largest absolute Gasteiger partial charge is 0.444 e. The van der Waals surface area contributed by atoms with Crippen molar-refractivity contribution < 1.29 is 32.6 Å². The molecule has 0 spiro atoms. The summed E-state index contributed by atoms with van der Waals surface area (Å²) in [7, 11) is -3.77. The summed E-state index contributed by atoms with van der Waals surface area (Å²) in [6.45, 7) is 8.55. The van der Waals surface area contributed by atoms with Crippen molar-refractivity contribution >= 4 is 27.9 Å². The van der Waals surface area contributed by atoms with Crippen LogP contribution in [0.2, 0.25) is 0 Å². The second-order valence-corrected chi connectivity index (χ2v) is 10.6. The zero-order chi connectivity index (χ0) is 22.7. The summed E-state index contributed by atoms with van der Waals surface area (Å²) in [6.07, 6.45) is 1.38. The number of hydrogen-bond donors (Lipinski definition) is 3. The maximum absolute atomic E-state index is 12.8. The number of ether oxygens (including phenoxy) is 1. The number of nitrogens with one attached hydrogen (secondary N) is 2. The van der Waals surface area contributed by atoms with Gasteiger partial charge in [0.1, 0.15) is 17.7 Å². The number of amides is 3. The molecular formula is C19H31N3O7S. The smallest absolute Gasteiger partial charge is 0.411 e. The number of nitrogens with zero attached hydrogens (tertiary/aromatic N) is 1. The number of aliphatic hydroxyl groups excluding tert-OH is 1. The molecule has 0 radical (unpaired) electrons. The van der Waals surface area contributed by atoms with Crippen LogP contribution < -0.4 is 10.0 Å². The second-order valence-electron chi connectivity index (χ2n) is 8.68. The molecule has 11 heteroatoms. The molecule has 0 aromatic heterocycles. The van der Waals surface area contributed by atoms with Gasteiger partial charge in [0.2, 0.25) is 15.9 Å². The molecular weight excluding hydrogens is 414 g/mol. The first-order valence-corrected chi connectivity index (χ1v) is 11.5. The fourth-order valence-corrected chi connectivity index (χ4v) is 4.42. The van der Waals surface area contributed by atoms with Crippen LogP contribution in [-0.4, -0.2) is 71.9 Å². The Kier molecular flexibility index (Phi) is 7.51. The van der Waals surface area contributed by atoms with Crippen molar-refractivity contribution in [3.8, 4) is 0 Å². The molecule has 0 aromatic rings. The maximum atomic E-state index is 12.8. The third-order valence-corrected chi connectivity index (χ3v) is 6.54. The predicted molar refractivity (Wildman–Crippen MR) is 109 cm³/mol. The van der Waals surface area contributed by atoms with E-state index in [9.17, 15) is 27.9 Å². The van der Waals surface area contributed by atoms with Crippen LogP contribution >= 0.6 is 0 Å². The molecule has 3 amide bonds. The molecule has 30 heavy (non-hydrogen) atoms. The zero-order valence-electron chi connectivity index (χ0n) is 17.6. The molecule has 0 unspecified atom stereocenters. The number of aliphatic hydroxyl groups is 1. The Morgan fingerprint density at radius 3 is 2.47 bits per heavy atom. The van der Waals surface area contributed by atoms with Gasteiger partial charge >= 0.3 is 6.09 Å². The van der Waals surface area contributed by atoms with Crippen LogP contribution in [0.15, 0.2) is 12.7 Å². The van der Waals surface area contributed by atoms with Crippen molar-refractivity contribution in [1.82, 2.24) is 14.9 Å². The van der Waals surface area contributed by atoms with Gasteiger partial charge in [-0.25, -0.2) is 13.2 Å². The molecule has 1 saturated carbocycles. The Morgan fingerprint density at radius 2 is 1.93 bits per heavy atom. The van der Waals surface area contributed by atoms with Gasteiger partial charge < -0.3 is 15.2 Å². The minimum absolute atomic E-state index is 0.0127. The van der Waals surface area contributed by atoms with Gasteiger partial charge in [-0.1, -0.05) is 6.08 Å². The van der Waals surface area contributed by atoms with Gasteiger partial charge in [0.15, 0.2) is 0 Å². The number of β-amino-alcohol motifs (C(OH)–C–C–N with tert-alkyl or cyclic N) is 1. The molecule has 1 aliphatic heterocycles.